The Morgan fingerprint density at radius 3 is 2.38 bits per heavy atom. The fraction of sp³-hybridized carbons (Fsp3) is 0.857. The molecule has 0 aromatic heterocycles. The maximum atomic E-state index is 13.6. The average molecular weight is 641 g/mol. The Morgan fingerprint density at radius 1 is 1.18 bits per heavy atom. The van der Waals surface area contributed by atoms with Crippen molar-refractivity contribution in [2.24, 2.45) is 23.7 Å². The third kappa shape index (κ3) is 9.83. The molecule has 1 fully saturated rings. The molecule has 0 unspecified atom stereocenters. The summed E-state index contributed by atoms with van der Waals surface area (Å²) in [6, 6.07) is -0.179. The highest BCUT2D eigenvalue weighted by atomic mass is 16.7. The summed E-state index contributed by atoms with van der Waals surface area (Å²) in [6.45, 7) is 20.2. The molecule has 2 aliphatic rings. The number of nitrogens with zero attached hydrogens (tertiary/aromatic N) is 1. The minimum Gasteiger partial charge on any atom is -0.459 e. The summed E-state index contributed by atoms with van der Waals surface area (Å²) in [5.41, 5.74) is -1.31. The number of likely N-dealkylation sites (N-methyl/N-ethyl adjacent to an activating group) is 1. The number of hydrogen-bond donors (Lipinski definition) is 4. The maximum Gasteiger partial charge on any atom is 0.311 e. The number of allylic oxidation sites excluding steroid dienone is 1. The van der Waals surface area contributed by atoms with Gasteiger partial charge in [-0.2, -0.15) is 0 Å². The summed E-state index contributed by atoms with van der Waals surface area (Å²) in [5, 5.41) is 38.4. The quantitative estimate of drug-likeness (QED) is 0.159. The van der Waals surface area contributed by atoms with Gasteiger partial charge in [-0.25, -0.2) is 0 Å². The summed E-state index contributed by atoms with van der Waals surface area (Å²) in [5.74, 6) is -2.46. The van der Waals surface area contributed by atoms with Gasteiger partial charge in [-0.3, -0.25) is 4.79 Å². The lowest BCUT2D eigenvalue weighted by Crippen LogP contribution is -2.59. The molecule has 10 nitrogen and oxygen atoms in total. The van der Waals surface area contributed by atoms with Crippen LogP contribution < -0.4 is 5.32 Å². The Labute approximate surface area is 272 Å². The van der Waals surface area contributed by atoms with Crippen LogP contribution in [0.4, 0.5) is 0 Å². The van der Waals surface area contributed by atoms with Crippen LogP contribution in [0.5, 0.6) is 0 Å². The summed E-state index contributed by atoms with van der Waals surface area (Å²) in [7, 11) is 5.46. The first kappa shape index (κ1) is 39.8. The molecule has 0 aromatic rings. The topological polar surface area (TPSA) is 130 Å². The van der Waals surface area contributed by atoms with E-state index >= 15 is 0 Å². The number of hydrogen-bond acceptors (Lipinski definition) is 10. The third-order valence-corrected chi connectivity index (χ3v) is 10.2. The Balaban J connectivity index is 2.63. The van der Waals surface area contributed by atoms with Gasteiger partial charge < -0.3 is 44.5 Å². The summed E-state index contributed by atoms with van der Waals surface area (Å²) < 4.78 is 25.0. The summed E-state index contributed by atoms with van der Waals surface area (Å²) in [6.07, 6.45) is 1.37. The van der Waals surface area contributed by atoms with Crippen LogP contribution in [0, 0.1) is 23.7 Å². The van der Waals surface area contributed by atoms with Gasteiger partial charge in [0.2, 0.25) is 0 Å². The SMILES string of the molecule is C=CCNCC[C@H]1/C(C)=C\[C@H](C)C[C@@](C)(OC)[C@H](O[C@@H]2O[C@H](C)C[C@H](N(C)C)[C@H]2O)[C@H](C)[C@@H](O)[C@@H](C)C(=O)O[C@H](CC)[C@@]1(C)O. The van der Waals surface area contributed by atoms with Gasteiger partial charge in [0.1, 0.15) is 17.8 Å². The van der Waals surface area contributed by atoms with E-state index in [9.17, 15) is 20.1 Å². The Kier molecular flexibility index (Phi) is 15.2. The van der Waals surface area contributed by atoms with E-state index in [1.165, 1.54) is 0 Å². The number of esters is 1. The molecule has 0 aliphatic carbocycles. The predicted molar refractivity (Wildman–Crippen MR) is 177 cm³/mol. The van der Waals surface area contributed by atoms with E-state index in [-0.39, 0.29) is 24.0 Å². The zero-order valence-electron chi connectivity index (χ0n) is 29.8. The van der Waals surface area contributed by atoms with Gasteiger partial charge >= 0.3 is 5.97 Å². The first-order valence-electron chi connectivity index (χ1n) is 16.8. The number of cyclic esters (lactones) is 1. The molecule has 1 saturated heterocycles. The van der Waals surface area contributed by atoms with E-state index in [1.807, 2.05) is 53.6 Å². The number of carbonyl (C=O) groups is 1. The van der Waals surface area contributed by atoms with Crippen molar-refractivity contribution in [3.05, 3.63) is 24.3 Å². The van der Waals surface area contributed by atoms with Crippen LogP contribution in [0.2, 0.25) is 0 Å². The second kappa shape index (κ2) is 17.2. The molecule has 0 bridgehead atoms. The number of nitrogens with one attached hydrogen (secondary N) is 1. The van der Waals surface area contributed by atoms with Crippen LogP contribution in [-0.2, 0) is 23.7 Å². The first-order chi connectivity index (χ1) is 20.9. The third-order valence-electron chi connectivity index (χ3n) is 10.2. The van der Waals surface area contributed by atoms with Crippen molar-refractivity contribution in [2.75, 3.05) is 34.3 Å². The van der Waals surface area contributed by atoms with Gasteiger partial charge in [0.15, 0.2) is 6.29 Å². The molecule has 262 valence electrons. The maximum absolute atomic E-state index is 13.6. The Morgan fingerprint density at radius 2 is 1.82 bits per heavy atom. The lowest BCUT2D eigenvalue weighted by atomic mass is 9.74. The smallest absolute Gasteiger partial charge is 0.311 e. The number of methoxy groups -OCH3 is 1. The number of aliphatic hydroxyl groups excluding tert-OH is 2. The number of rotatable bonds is 10. The van der Waals surface area contributed by atoms with Crippen LogP contribution in [-0.4, -0.2) is 115 Å². The molecule has 10 heteroatoms. The number of ether oxygens (including phenoxy) is 4. The molecule has 0 saturated carbocycles. The second-order valence-electron chi connectivity index (χ2n) is 14.3. The van der Waals surface area contributed by atoms with Crippen molar-refractivity contribution in [3.63, 3.8) is 0 Å². The molecular formula is C35H64N2O8. The van der Waals surface area contributed by atoms with Crippen LogP contribution in [0.25, 0.3) is 0 Å². The van der Waals surface area contributed by atoms with Gasteiger partial charge in [0.05, 0.1) is 29.8 Å². The highest BCUT2D eigenvalue weighted by Crippen LogP contribution is 2.40. The molecule has 0 spiro atoms. The lowest BCUT2D eigenvalue weighted by Gasteiger charge is -2.48. The van der Waals surface area contributed by atoms with E-state index in [2.05, 4.69) is 24.9 Å². The molecule has 4 N–H and O–H groups in total. The Bertz CT molecular complexity index is 973. The molecule has 2 heterocycles. The van der Waals surface area contributed by atoms with Crippen molar-refractivity contribution in [2.45, 2.75) is 135 Å². The minimum atomic E-state index is -1.36. The normalized spacial score (nSPS) is 43.7. The minimum absolute atomic E-state index is 0.0153. The van der Waals surface area contributed by atoms with E-state index in [0.29, 0.717) is 38.8 Å². The standard InChI is InChI=1S/C35H64N2O8/c1-13-16-36-17-15-26-22(4)18-21(3)20-34(8,42-12)31(45-33-30(39)27(37(10)11)19-23(5)43-33)24(6)29(38)25(7)32(40)44-28(14-2)35(26,9)41/h13,18,21,23-31,33,36,38-39,41H,1,14-17,19-20H2,2-12H3/b22-18-/t21-,23+,24+,25+,26-,27-,28+,29+,30+,31+,33-,34+,35-/m0/s1. The molecule has 2 aliphatic heterocycles. The molecule has 13 atom stereocenters. The van der Waals surface area contributed by atoms with Gasteiger partial charge in [-0.1, -0.05) is 38.5 Å². The van der Waals surface area contributed by atoms with Crippen molar-refractivity contribution < 1.29 is 39.1 Å². The van der Waals surface area contributed by atoms with Crippen molar-refractivity contribution in [1.29, 1.82) is 0 Å². The molecule has 2 rings (SSSR count). The van der Waals surface area contributed by atoms with E-state index in [0.717, 1.165) is 5.57 Å². The Hall–Kier alpha value is -1.37. The second-order valence-corrected chi connectivity index (χ2v) is 14.3. The van der Waals surface area contributed by atoms with Crippen molar-refractivity contribution >= 4 is 5.97 Å². The van der Waals surface area contributed by atoms with Crippen molar-refractivity contribution in [1.82, 2.24) is 10.2 Å². The van der Waals surface area contributed by atoms with E-state index in [1.54, 1.807) is 27.0 Å². The van der Waals surface area contributed by atoms with Crippen LogP contribution in [0.15, 0.2) is 24.3 Å². The average Bonchev–Trinajstić information content (AvgIpc) is 2.97. The molecule has 0 radical (unpaired) electrons. The molecular weight excluding hydrogens is 576 g/mol. The lowest BCUT2D eigenvalue weighted by molar-refractivity contribution is -0.301. The van der Waals surface area contributed by atoms with E-state index in [4.69, 9.17) is 18.9 Å². The number of aliphatic hydroxyl groups is 3. The highest BCUT2D eigenvalue weighted by molar-refractivity contribution is 5.73. The molecule has 0 amide bonds. The monoisotopic (exact) mass is 640 g/mol. The first-order valence-corrected chi connectivity index (χ1v) is 16.8. The predicted octanol–water partition coefficient (Wildman–Crippen LogP) is 3.68. The van der Waals surface area contributed by atoms with Crippen molar-refractivity contribution in [3.8, 4) is 0 Å². The largest absolute Gasteiger partial charge is 0.459 e. The van der Waals surface area contributed by atoms with E-state index < -0.39 is 59.7 Å². The molecule has 0 aromatic carbocycles. The molecule has 45 heavy (non-hydrogen) atoms. The zero-order chi connectivity index (χ0) is 34.3. The van der Waals surface area contributed by atoms with Crippen LogP contribution in [0.1, 0.15) is 81.1 Å². The van der Waals surface area contributed by atoms with Crippen LogP contribution in [0.3, 0.4) is 0 Å². The van der Waals surface area contributed by atoms with Gasteiger partial charge in [0, 0.05) is 31.5 Å². The van der Waals surface area contributed by atoms with Gasteiger partial charge in [-0.05, 0) is 86.9 Å². The number of carbonyl (C=O) groups excluding carboxylic acids is 1. The summed E-state index contributed by atoms with van der Waals surface area (Å²) >= 11 is 0. The van der Waals surface area contributed by atoms with Crippen LogP contribution >= 0.6 is 0 Å². The van der Waals surface area contributed by atoms with Gasteiger partial charge in [0.25, 0.3) is 0 Å². The fourth-order valence-corrected chi connectivity index (χ4v) is 7.50. The zero-order valence-corrected chi connectivity index (χ0v) is 29.8. The summed E-state index contributed by atoms with van der Waals surface area (Å²) in [4.78, 5) is 15.6. The van der Waals surface area contributed by atoms with Gasteiger partial charge in [-0.15, -0.1) is 6.58 Å². The highest BCUT2D eigenvalue weighted by Gasteiger charge is 2.50. The fourth-order valence-electron chi connectivity index (χ4n) is 7.50.